The summed E-state index contributed by atoms with van der Waals surface area (Å²) >= 11 is 0. The highest BCUT2D eigenvalue weighted by molar-refractivity contribution is 5.29. The molecule has 2 rings (SSSR count). The van der Waals surface area contributed by atoms with Crippen LogP contribution in [0.15, 0.2) is 54.6 Å². The number of hydrogen-bond acceptors (Lipinski definition) is 1. The highest BCUT2D eigenvalue weighted by Gasteiger charge is 2.02. The van der Waals surface area contributed by atoms with Crippen LogP contribution in [0.4, 0.5) is 0 Å². The molecule has 1 nitrogen and oxygen atoms in total. The fourth-order valence-electron chi connectivity index (χ4n) is 1.95. The topological polar surface area (TPSA) is 26.0 Å². The van der Waals surface area contributed by atoms with E-state index in [1.165, 1.54) is 16.7 Å². The number of hydrogen-bond donors (Lipinski definition) is 1. The van der Waals surface area contributed by atoms with Crippen LogP contribution in [-0.2, 0) is 6.42 Å². The smallest absolute Gasteiger partial charge is 0.0292 e. The van der Waals surface area contributed by atoms with Crippen LogP contribution in [0.3, 0.4) is 0 Å². The second kappa shape index (κ2) is 5.65. The first kappa shape index (κ1) is 11.9. The quantitative estimate of drug-likeness (QED) is 0.843. The Morgan fingerprint density at radius 1 is 0.882 bits per heavy atom. The van der Waals surface area contributed by atoms with Crippen LogP contribution in [0.1, 0.15) is 36.1 Å². The Balaban J connectivity index is 2.08. The molecule has 2 aromatic carbocycles. The van der Waals surface area contributed by atoms with Crippen molar-refractivity contribution < 1.29 is 0 Å². The molecule has 17 heavy (non-hydrogen) atoms. The van der Waals surface area contributed by atoms with Crippen molar-refractivity contribution in [1.29, 1.82) is 0 Å². The summed E-state index contributed by atoms with van der Waals surface area (Å²) in [5.74, 6) is 0. The monoisotopic (exact) mass is 225 g/mol. The minimum Gasteiger partial charge on any atom is -0.324 e. The zero-order chi connectivity index (χ0) is 12.1. The average Bonchev–Trinajstić information content (AvgIpc) is 2.40. The van der Waals surface area contributed by atoms with Crippen LogP contribution in [-0.4, -0.2) is 0 Å². The zero-order valence-electron chi connectivity index (χ0n) is 10.3. The molecule has 0 aliphatic rings. The normalized spacial score (nSPS) is 12.4. The van der Waals surface area contributed by atoms with Gasteiger partial charge in [-0.1, -0.05) is 61.5 Å². The predicted molar refractivity (Wildman–Crippen MR) is 72.9 cm³/mol. The molecule has 2 N–H and O–H groups in total. The molecule has 0 spiro atoms. The van der Waals surface area contributed by atoms with E-state index in [9.17, 15) is 0 Å². The molecule has 0 saturated heterocycles. The summed E-state index contributed by atoms with van der Waals surface area (Å²) in [6.07, 6.45) is 1.97. The van der Waals surface area contributed by atoms with Gasteiger partial charge in [0.2, 0.25) is 0 Å². The van der Waals surface area contributed by atoms with Gasteiger partial charge in [-0.15, -0.1) is 0 Å². The summed E-state index contributed by atoms with van der Waals surface area (Å²) in [7, 11) is 0. The molecule has 2 aromatic rings. The molecule has 88 valence electrons. The molecule has 0 aromatic heterocycles. The van der Waals surface area contributed by atoms with Gasteiger partial charge in [0.05, 0.1) is 0 Å². The highest BCUT2D eigenvalue weighted by Crippen LogP contribution is 2.16. The lowest BCUT2D eigenvalue weighted by atomic mass is 10.0. The Bertz CT molecular complexity index is 445. The van der Waals surface area contributed by atoms with E-state index < -0.39 is 0 Å². The third kappa shape index (κ3) is 3.18. The third-order valence-corrected chi connectivity index (χ3v) is 3.10. The largest absolute Gasteiger partial charge is 0.324 e. The molecular weight excluding hydrogens is 206 g/mol. The fraction of sp³-hybridized carbons (Fsp3) is 0.250. The third-order valence-electron chi connectivity index (χ3n) is 3.10. The first-order chi connectivity index (χ1) is 8.29. The molecule has 0 saturated carbocycles. The predicted octanol–water partition coefficient (Wildman–Crippen LogP) is 3.69. The Kier molecular flexibility index (Phi) is 3.94. The van der Waals surface area contributed by atoms with Gasteiger partial charge in [-0.2, -0.15) is 0 Å². The summed E-state index contributed by atoms with van der Waals surface area (Å²) in [5.41, 5.74) is 9.91. The summed E-state index contributed by atoms with van der Waals surface area (Å²) < 4.78 is 0. The van der Waals surface area contributed by atoms with Gasteiger partial charge in [0.15, 0.2) is 0 Å². The summed E-state index contributed by atoms with van der Waals surface area (Å²) in [4.78, 5) is 0. The van der Waals surface area contributed by atoms with Crippen LogP contribution in [0.5, 0.6) is 0 Å². The maximum atomic E-state index is 6.00. The number of rotatable bonds is 4. The van der Waals surface area contributed by atoms with Gasteiger partial charge < -0.3 is 5.73 Å². The van der Waals surface area contributed by atoms with E-state index in [1.807, 2.05) is 6.07 Å². The van der Waals surface area contributed by atoms with Crippen LogP contribution < -0.4 is 5.73 Å². The first-order valence-corrected chi connectivity index (χ1v) is 6.18. The molecule has 0 aliphatic heterocycles. The SMILES string of the molecule is CCC(N)c1ccc(Cc2ccccc2)cc1. The van der Waals surface area contributed by atoms with Gasteiger partial charge >= 0.3 is 0 Å². The van der Waals surface area contributed by atoms with E-state index in [2.05, 4.69) is 55.5 Å². The van der Waals surface area contributed by atoms with Crippen LogP contribution in [0.2, 0.25) is 0 Å². The van der Waals surface area contributed by atoms with E-state index in [-0.39, 0.29) is 6.04 Å². The highest BCUT2D eigenvalue weighted by atomic mass is 14.6. The lowest BCUT2D eigenvalue weighted by Crippen LogP contribution is -2.08. The van der Waals surface area contributed by atoms with Crippen molar-refractivity contribution in [1.82, 2.24) is 0 Å². The molecular formula is C16H19N. The lowest BCUT2D eigenvalue weighted by Gasteiger charge is -2.10. The van der Waals surface area contributed by atoms with E-state index in [4.69, 9.17) is 5.73 Å². The molecule has 0 bridgehead atoms. The summed E-state index contributed by atoms with van der Waals surface area (Å²) in [6, 6.07) is 19.3. The standard InChI is InChI=1S/C16H19N/c1-2-16(17)15-10-8-14(9-11-15)12-13-6-4-3-5-7-13/h3-11,16H,2,12,17H2,1H3. The van der Waals surface area contributed by atoms with E-state index >= 15 is 0 Å². The Labute approximate surface area is 103 Å². The molecule has 1 heteroatoms. The summed E-state index contributed by atoms with van der Waals surface area (Å²) in [6.45, 7) is 2.11. The Morgan fingerprint density at radius 2 is 1.47 bits per heavy atom. The van der Waals surface area contributed by atoms with Crippen molar-refractivity contribution in [3.8, 4) is 0 Å². The van der Waals surface area contributed by atoms with Gasteiger partial charge in [0.1, 0.15) is 0 Å². The first-order valence-electron chi connectivity index (χ1n) is 6.18. The van der Waals surface area contributed by atoms with Crippen molar-refractivity contribution in [3.63, 3.8) is 0 Å². The van der Waals surface area contributed by atoms with E-state index in [0.717, 1.165) is 12.8 Å². The lowest BCUT2D eigenvalue weighted by molar-refractivity contribution is 0.698. The maximum Gasteiger partial charge on any atom is 0.0292 e. The van der Waals surface area contributed by atoms with E-state index in [1.54, 1.807) is 0 Å². The van der Waals surface area contributed by atoms with Crippen LogP contribution in [0.25, 0.3) is 0 Å². The molecule has 0 heterocycles. The van der Waals surface area contributed by atoms with Gasteiger partial charge in [-0.25, -0.2) is 0 Å². The second-order valence-corrected chi connectivity index (χ2v) is 4.42. The van der Waals surface area contributed by atoms with Crippen LogP contribution in [0, 0.1) is 0 Å². The van der Waals surface area contributed by atoms with E-state index in [0.29, 0.717) is 0 Å². The van der Waals surface area contributed by atoms with Gasteiger partial charge in [0.25, 0.3) is 0 Å². The van der Waals surface area contributed by atoms with Gasteiger partial charge in [-0.05, 0) is 29.5 Å². The van der Waals surface area contributed by atoms with Crippen molar-refractivity contribution in [2.45, 2.75) is 25.8 Å². The number of benzene rings is 2. The van der Waals surface area contributed by atoms with Gasteiger partial charge in [0, 0.05) is 6.04 Å². The molecule has 1 unspecified atom stereocenters. The second-order valence-electron chi connectivity index (χ2n) is 4.42. The zero-order valence-corrected chi connectivity index (χ0v) is 10.3. The molecule has 0 radical (unpaired) electrons. The van der Waals surface area contributed by atoms with Crippen molar-refractivity contribution in [2.75, 3.05) is 0 Å². The summed E-state index contributed by atoms with van der Waals surface area (Å²) in [5, 5.41) is 0. The van der Waals surface area contributed by atoms with Crippen molar-refractivity contribution in [2.24, 2.45) is 5.73 Å². The minimum absolute atomic E-state index is 0.167. The molecule has 0 amide bonds. The minimum atomic E-state index is 0.167. The molecule has 0 fully saturated rings. The average molecular weight is 225 g/mol. The Hall–Kier alpha value is -1.60. The van der Waals surface area contributed by atoms with Crippen LogP contribution >= 0.6 is 0 Å². The van der Waals surface area contributed by atoms with Crippen molar-refractivity contribution in [3.05, 3.63) is 71.3 Å². The molecule has 0 aliphatic carbocycles. The van der Waals surface area contributed by atoms with Gasteiger partial charge in [-0.3, -0.25) is 0 Å². The Morgan fingerprint density at radius 3 is 2.06 bits per heavy atom. The maximum absolute atomic E-state index is 6.00. The number of nitrogens with two attached hydrogens (primary N) is 1. The molecule has 1 atom stereocenters. The fourth-order valence-corrected chi connectivity index (χ4v) is 1.95. The van der Waals surface area contributed by atoms with Crippen molar-refractivity contribution >= 4 is 0 Å².